The third-order valence-corrected chi connectivity index (χ3v) is 4.76. The first-order chi connectivity index (χ1) is 10.4. The van der Waals surface area contributed by atoms with Crippen molar-refractivity contribution in [1.82, 2.24) is 20.4 Å². The van der Waals surface area contributed by atoms with Crippen LogP contribution in [0.3, 0.4) is 0 Å². The summed E-state index contributed by atoms with van der Waals surface area (Å²) in [6, 6.07) is 4.87. The second kappa shape index (κ2) is 5.56. The average molecular weight is 284 g/mol. The highest BCUT2D eigenvalue weighted by Gasteiger charge is 2.38. The lowest BCUT2D eigenvalue weighted by atomic mass is 9.85. The lowest BCUT2D eigenvalue weighted by Crippen LogP contribution is -2.30. The van der Waals surface area contributed by atoms with Gasteiger partial charge < -0.3 is 9.84 Å². The van der Waals surface area contributed by atoms with Crippen molar-refractivity contribution in [1.29, 1.82) is 0 Å². The Morgan fingerprint density at radius 3 is 2.90 bits per heavy atom. The summed E-state index contributed by atoms with van der Waals surface area (Å²) in [5.41, 5.74) is 1.16. The number of rotatable bonds is 3. The van der Waals surface area contributed by atoms with Gasteiger partial charge in [-0.2, -0.15) is 4.98 Å². The highest BCUT2D eigenvalue weighted by atomic mass is 16.5. The Morgan fingerprint density at radius 1 is 1.19 bits per heavy atom. The molecule has 1 saturated heterocycles. The molecule has 1 aliphatic carbocycles. The molecule has 0 bridgehead atoms. The zero-order chi connectivity index (χ0) is 14.1. The van der Waals surface area contributed by atoms with Crippen LogP contribution in [0.2, 0.25) is 0 Å². The van der Waals surface area contributed by atoms with Gasteiger partial charge in [0.1, 0.15) is 0 Å². The van der Waals surface area contributed by atoms with Crippen LogP contribution < -0.4 is 5.32 Å². The van der Waals surface area contributed by atoms with E-state index in [9.17, 15) is 0 Å². The second-order valence-electron chi connectivity index (χ2n) is 6.19. The summed E-state index contributed by atoms with van der Waals surface area (Å²) in [5, 5.41) is 7.81. The van der Waals surface area contributed by atoms with Gasteiger partial charge in [0, 0.05) is 24.9 Å². The SMILES string of the molecule is c1cc(Cc2noc(C3CC4CCCCC4N3)n2)ccn1. The summed E-state index contributed by atoms with van der Waals surface area (Å²) in [7, 11) is 0. The summed E-state index contributed by atoms with van der Waals surface area (Å²) in [6.07, 6.45) is 10.8. The molecule has 3 unspecified atom stereocenters. The molecule has 2 fully saturated rings. The van der Waals surface area contributed by atoms with Gasteiger partial charge in [-0.1, -0.05) is 18.0 Å². The zero-order valence-electron chi connectivity index (χ0n) is 12.0. The van der Waals surface area contributed by atoms with E-state index in [4.69, 9.17) is 4.52 Å². The predicted molar refractivity (Wildman–Crippen MR) is 77.6 cm³/mol. The average Bonchev–Trinajstić information content (AvgIpc) is 3.14. The van der Waals surface area contributed by atoms with Crippen LogP contribution >= 0.6 is 0 Å². The minimum Gasteiger partial charge on any atom is -0.338 e. The van der Waals surface area contributed by atoms with E-state index < -0.39 is 0 Å². The monoisotopic (exact) mass is 284 g/mol. The Balaban J connectivity index is 1.45. The fourth-order valence-electron chi connectivity index (χ4n) is 3.67. The number of hydrogen-bond donors (Lipinski definition) is 1. The van der Waals surface area contributed by atoms with E-state index in [1.54, 1.807) is 12.4 Å². The molecule has 3 atom stereocenters. The van der Waals surface area contributed by atoms with Crippen LogP contribution in [0.1, 0.15) is 55.4 Å². The third-order valence-electron chi connectivity index (χ3n) is 4.76. The molecule has 1 N–H and O–H groups in total. The normalized spacial score (nSPS) is 28.5. The Bertz CT molecular complexity index is 583. The first-order valence-electron chi connectivity index (χ1n) is 7.86. The minimum absolute atomic E-state index is 0.247. The van der Waals surface area contributed by atoms with Crippen molar-refractivity contribution in [2.75, 3.05) is 0 Å². The molecule has 2 aromatic rings. The number of fused-ring (bicyclic) bond motifs is 1. The maximum atomic E-state index is 5.49. The quantitative estimate of drug-likeness (QED) is 0.938. The van der Waals surface area contributed by atoms with Gasteiger partial charge in [0.15, 0.2) is 5.82 Å². The summed E-state index contributed by atoms with van der Waals surface area (Å²) in [5.74, 6) is 2.31. The van der Waals surface area contributed by atoms with Gasteiger partial charge in [0.2, 0.25) is 5.89 Å². The molecule has 1 aliphatic heterocycles. The first-order valence-corrected chi connectivity index (χ1v) is 7.86. The van der Waals surface area contributed by atoms with Crippen molar-refractivity contribution >= 4 is 0 Å². The molecule has 0 amide bonds. The Kier molecular flexibility index (Phi) is 3.43. The molecule has 5 nitrogen and oxygen atoms in total. The molecule has 110 valence electrons. The molecule has 2 aromatic heterocycles. The van der Waals surface area contributed by atoms with Crippen molar-refractivity contribution in [3.8, 4) is 0 Å². The number of aromatic nitrogens is 3. The summed E-state index contributed by atoms with van der Waals surface area (Å²) >= 11 is 0. The van der Waals surface area contributed by atoms with Crippen LogP contribution in [0.15, 0.2) is 29.0 Å². The minimum atomic E-state index is 0.247. The van der Waals surface area contributed by atoms with E-state index >= 15 is 0 Å². The summed E-state index contributed by atoms with van der Waals surface area (Å²) in [4.78, 5) is 8.61. The van der Waals surface area contributed by atoms with Crippen molar-refractivity contribution < 1.29 is 4.52 Å². The molecule has 3 heterocycles. The molecule has 4 rings (SSSR count). The van der Waals surface area contributed by atoms with E-state index in [0.717, 1.165) is 29.6 Å². The Hall–Kier alpha value is -1.75. The molecular formula is C16H20N4O. The van der Waals surface area contributed by atoms with Crippen molar-refractivity contribution in [3.05, 3.63) is 41.8 Å². The number of nitrogens with zero attached hydrogens (tertiary/aromatic N) is 3. The largest absolute Gasteiger partial charge is 0.338 e. The van der Waals surface area contributed by atoms with Crippen LogP contribution in [-0.4, -0.2) is 21.2 Å². The summed E-state index contributed by atoms with van der Waals surface area (Å²) in [6.45, 7) is 0. The van der Waals surface area contributed by atoms with E-state index in [1.165, 1.54) is 25.7 Å². The second-order valence-corrected chi connectivity index (χ2v) is 6.19. The lowest BCUT2D eigenvalue weighted by Gasteiger charge is -2.24. The van der Waals surface area contributed by atoms with Crippen molar-refractivity contribution in [3.63, 3.8) is 0 Å². The molecule has 21 heavy (non-hydrogen) atoms. The van der Waals surface area contributed by atoms with Crippen molar-refractivity contribution in [2.24, 2.45) is 5.92 Å². The van der Waals surface area contributed by atoms with Gasteiger partial charge in [-0.25, -0.2) is 0 Å². The van der Waals surface area contributed by atoms with E-state index in [-0.39, 0.29) is 6.04 Å². The zero-order valence-corrected chi connectivity index (χ0v) is 12.0. The van der Waals surface area contributed by atoms with Gasteiger partial charge in [0.05, 0.1) is 6.04 Å². The lowest BCUT2D eigenvalue weighted by molar-refractivity contribution is 0.324. The summed E-state index contributed by atoms with van der Waals surface area (Å²) < 4.78 is 5.49. The molecule has 2 aliphatic rings. The van der Waals surface area contributed by atoms with Gasteiger partial charge in [-0.15, -0.1) is 0 Å². The van der Waals surface area contributed by atoms with Gasteiger partial charge >= 0.3 is 0 Å². The maximum absolute atomic E-state index is 5.49. The molecule has 0 radical (unpaired) electrons. The van der Waals surface area contributed by atoms with Crippen LogP contribution in [0.5, 0.6) is 0 Å². The highest BCUT2D eigenvalue weighted by molar-refractivity contribution is 5.15. The first kappa shape index (κ1) is 13.0. The Morgan fingerprint density at radius 2 is 2.05 bits per heavy atom. The fourth-order valence-corrected chi connectivity index (χ4v) is 3.67. The van der Waals surface area contributed by atoms with Gasteiger partial charge in [0.25, 0.3) is 0 Å². The van der Waals surface area contributed by atoms with Crippen LogP contribution in [-0.2, 0) is 6.42 Å². The molecule has 0 spiro atoms. The standard InChI is InChI=1S/C16H20N4O/c1-2-4-13-12(3-1)10-14(18-13)16-19-15(20-21-16)9-11-5-7-17-8-6-11/h5-8,12-14,18H,1-4,9-10H2. The van der Waals surface area contributed by atoms with E-state index in [0.29, 0.717) is 12.5 Å². The smallest absolute Gasteiger partial charge is 0.243 e. The van der Waals surface area contributed by atoms with Gasteiger partial charge in [-0.05, 0) is 42.9 Å². The topological polar surface area (TPSA) is 63.8 Å². The van der Waals surface area contributed by atoms with Crippen molar-refractivity contribution in [2.45, 2.75) is 50.6 Å². The van der Waals surface area contributed by atoms with Gasteiger partial charge in [-0.3, -0.25) is 4.98 Å². The van der Waals surface area contributed by atoms with Crippen LogP contribution in [0, 0.1) is 5.92 Å². The maximum Gasteiger partial charge on any atom is 0.243 e. The van der Waals surface area contributed by atoms with E-state index in [2.05, 4.69) is 20.4 Å². The van der Waals surface area contributed by atoms with Crippen LogP contribution in [0.25, 0.3) is 0 Å². The number of nitrogens with one attached hydrogen (secondary N) is 1. The highest BCUT2D eigenvalue weighted by Crippen LogP contribution is 2.38. The molecule has 1 saturated carbocycles. The number of pyridine rings is 1. The Labute approximate surface area is 124 Å². The molecule has 5 heteroatoms. The predicted octanol–water partition coefficient (Wildman–Crippen LogP) is 2.65. The molecule has 0 aromatic carbocycles. The van der Waals surface area contributed by atoms with Crippen LogP contribution in [0.4, 0.5) is 0 Å². The third kappa shape index (κ3) is 2.70. The fraction of sp³-hybridized carbons (Fsp3) is 0.562. The number of hydrogen-bond acceptors (Lipinski definition) is 5. The molecular weight excluding hydrogens is 264 g/mol. The van der Waals surface area contributed by atoms with E-state index in [1.807, 2.05) is 12.1 Å².